The van der Waals surface area contributed by atoms with Gasteiger partial charge in [0.1, 0.15) is 12.4 Å². The molecule has 0 unspecified atom stereocenters. The zero-order chi connectivity index (χ0) is 14.0. The van der Waals surface area contributed by atoms with E-state index >= 15 is 0 Å². The Morgan fingerprint density at radius 3 is 2.58 bits per heavy atom. The van der Waals surface area contributed by atoms with Crippen molar-refractivity contribution in [1.29, 1.82) is 0 Å². The van der Waals surface area contributed by atoms with Gasteiger partial charge in [0.2, 0.25) is 0 Å². The van der Waals surface area contributed by atoms with Crippen molar-refractivity contribution in [3.63, 3.8) is 0 Å². The van der Waals surface area contributed by atoms with Crippen LogP contribution in [0.4, 0.5) is 5.82 Å². The molecule has 0 saturated carbocycles. The highest BCUT2D eigenvalue weighted by atomic mass is 16.5. The number of ether oxygens (including phenoxy) is 1. The van der Waals surface area contributed by atoms with Crippen LogP contribution in [-0.2, 0) is 11.3 Å². The highest BCUT2D eigenvalue weighted by molar-refractivity contribution is 5.42. The van der Waals surface area contributed by atoms with Gasteiger partial charge in [-0.3, -0.25) is 0 Å². The molecule has 0 amide bonds. The van der Waals surface area contributed by atoms with E-state index < -0.39 is 0 Å². The minimum absolute atomic E-state index is 0.320. The third kappa shape index (κ3) is 2.56. The smallest absolute Gasteiger partial charge is 0.159 e. The Bertz CT molecular complexity index is 592. The Hall–Kier alpha value is -1.99. The fourth-order valence-corrected chi connectivity index (χ4v) is 1.80. The van der Waals surface area contributed by atoms with E-state index in [4.69, 9.17) is 10.6 Å². The molecule has 0 saturated heterocycles. The second kappa shape index (κ2) is 5.33. The van der Waals surface area contributed by atoms with Crippen molar-refractivity contribution < 1.29 is 4.74 Å². The van der Waals surface area contributed by atoms with Crippen LogP contribution in [0.1, 0.15) is 22.8 Å². The largest absolute Gasteiger partial charge is 0.377 e. The number of hydrogen-bond donors (Lipinski definition) is 2. The summed E-state index contributed by atoms with van der Waals surface area (Å²) in [6.07, 6.45) is 0. The average molecular weight is 262 g/mol. The van der Waals surface area contributed by atoms with Crippen LogP contribution in [0.3, 0.4) is 0 Å². The Morgan fingerprint density at radius 1 is 1.32 bits per heavy atom. The van der Waals surface area contributed by atoms with Gasteiger partial charge in [0.05, 0.1) is 5.69 Å². The predicted octanol–water partition coefficient (Wildman–Crippen LogP) is 1.02. The number of aryl methyl sites for hydroxylation is 1. The summed E-state index contributed by atoms with van der Waals surface area (Å²) in [6, 6.07) is 1.75. The molecule has 7 nitrogen and oxygen atoms in total. The standard InChI is InChI=1S/C12H18N6O/c1-7-8(2)17-18(9(7)3)12-5-10(16-13)14-11(15-12)6-19-4/h5H,6,13H2,1-4H3,(H,14,15,16). The number of nitrogens with two attached hydrogens (primary N) is 1. The topological polar surface area (TPSA) is 90.9 Å². The summed E-state index contributed by atoms with van der Waals surface area (Å²) in [4.78, 5) is 8.64. The molecule has 0 aliphatic heterocycles. The second-order valence-corrected chi connectivity index (χ2v) is 4.31. The van der Waals surface area contributed by atoms with Gasteiger partial charge < -0.3 is 10.2 Å². The molecular formula is C12H18N6O. The number of hydrogen-bond acceptors (Lipinski definition) is 6. The molecule has 0 aromatic carbocycles. The van der Waals surface area contributed by atoms with Crippen LogP contribution >= 0.6 is 0 Å². The van der Waals surface area contributed by atoms with E-state index in [9.17, 15) is 0 Å². The van der Waals surface area contributed by atoms with Crippen molar-refractivity contribution in [3.8, 4) is 5.82 Å². The van der Waals surface area contributed by atoms with Gasteiger partial charge in [-0.2, -0.15) is 5.10 Å². The molecule has 0 fully saturated rings. The fraction of sp³-hybridized carbons (Fsp3) is 0.417. The molecule has 0 aliphatic rings. The van der Waals surface area contributed by atoms with Gasteiger partial charge in [0, 0.05) is 18.9 Å². The number of aromatic nitrogens is 4. The number of nitrogen functional groups attached to an aromatic ring is 1. The summed E-state index contributed by atoms with van der Waals surface area (Å²) in [5, 5.41) is 4.47. The van der Waals surface area contributed by atoms with Crippen LogP contribution in [-0.4, -0.2) is 26.9 Å². The maximum absolute atomic E-state index is 5.42. The van der Waals surface area contributed by atoms with Crippen LogP contribution < -0.4 is 11.3 Å². The van der Waals surface area contributed by atoms with E-state index in [0.29, 0.717) is 24.1 Å². The van der Waals surface area contributed by atoms with Gasteiger partial charge in [-0.25, -0.2) is 20.5 Å². The molecule has 102 valence electrons. The van der Waals surface area contributed by atoms with Crippen LogP contribution in [0.25, 0.3) is 5.82 Å². The van der Waals surface area contributed by atoms with E-state index in [1.54, 1.807) is 17.9 Å². The van der Waals surface area contributed by atoms with Gasteiger partial charge in [-0.15, -0.1) is 0 Å². The Balaban J connectivity index is 2.54. The lowest BCUT2D eigenvalue weighted by Gasteiger charge is -2.08. The molecule has 0 aliphatic carbocycles. The number of rotatable bonds is 4. The minimum Gasteiger partial charge on any atom is -0.377 e. The maximum atomic E-state index is 5.42. The number of nitrogens with zero attached hydrogens (tertiary/aromatic N) is 4. The zero-order valence-electron chi connectivity index (χ0n) is 11.6. The van der Waals surface area contributed by atoms with Crippen molar-refractivity contribution in [3.05, 3.63) is 28.8 Å². The second-order valence-electron chi connectivity index (χ2n) is 4.31. The van der Waals surface area contributed by atoms with Crippen LogP contribution in [0.2, 0.25) is 0 Å². The Kier molecular flexibility index (Phi) is 3.77. The summed E-state index contributed by atoms with van der Waals surface area (Å²) < 4.78 is 6.84. The first-order valence-electron chi connectivity index (χ1n) is 5.93. The van der Waals surface area contributed by atoms with Gasteiger partial charge >= 0.3 is 0 Å². The lowest BCUT2D eigenvalue weighted by molar-refractivity contribution is 0.178. The molecule has 0 spiro atoms. The Morgan fingerprint density at radius 2 is 2.05 bits per heavy atom. The number of anilines is 1. The lowest BCUT2D eigenvalue weighted by atomic mass is 10.2. The summed E-state index contributed by atoms with van der Waals surface area (Å²) >= 11 is 0. The van der Waals surface area contributed by atoms with Crippen molar-refractivity contribution >= 4 is 5.82 Å². The predicted molar refractivity (Wildman–Crippen MR) is 71.9 cm³/mol. The first-order chi connectivity index (χ1) is 9.06. The molecular weight excluding hydrogens is 244 g/mol. The minimum atomic E-state index is 0.320. The van der Waals surface area contributed by atoms with Crippen molar-refractivity contribution in [2.75, 3.05) is 12.5 Å². The molecule has 7 heteroatoms. The zero-order valence-corrected chi connectivity index (χ0v) is 11.6. The van der Waals surface area contributed by atoms with Crippen molar-refractivity contribution in [1.82, 2.24) is 19.7 Å². The molecule has 2 aromatic rings. The van der Waals surface area contributed by atoms with Gasteiger partial charge in [0.15, 0.2) is 11.6 Å². The number of nitrogens with one attached hydrogen (secondary N) is 1. The summed E-state index contributed by atoms with van der Waals surface area (Å²) in [6.45, 7) is 6.33. The molecule has 0 atom stereocenters. The summed E-state index contributed by atoms with van der Waals surface area (Å²) in [7, 11) is 1.60. The Labute approximate surface area is 111 Å². The molecule has 3 N–H and O–H groups in total. The highest BCUT2D eigenvalue weighted by Gasteiger charge is 2.12. The van der Waals surface area contributed by atoms with Gasteiger partial charge in [-0.1, -0.05) is 0 Å². The van der Waals surface area contributed by atoms with Gasteiger partial charge in [-0.05, 0) is 26.3 Å². The number of hydrazine groups is 1. The van der Waals surface area contributed by atoms with E-state index in [0.717, 1.165) is 17.0 Å². The highest BCUT2D eigenvalue weighted by Crippen LogP contribution is 2.17. The quantitative estimate of drug-likeness (QED) is 0.631. The fourth-order valence-electron chi connectivity index (χ4n) is 1.80. The molecule has 0 radical (unpaired) electrons. The first kappa shape index (κ1) is 13.4. The molecule has 2 aromatic heterocycles. The lowest BCUT2D eigenvalue weighted by Crippen LogP contribution is -2.13. The number of methoxy groups -OCH3 is 1. The average Bonchev–Trinajstić information content (AvgIpc) is 2.66. The van der Waals surface area contributed by atoms with Crippen molar-refractivity contribution in [2.45, 2.75) is 27.4 Å². The van der Waals surface area contributed by atoms with Crippen LogP contribution in [0, 0.1) is 20.8 Å². The monoisotopic (exact) mass is 262 g/mol. The third-order valence-electron chi connectivity index (χ3n) is 3.05. The van der Waals surface area contributed by atoms with Crippen LogP contribution in [0.15, 0.2) is 6.07 Å². The SMILES string of the molecule is COCc1nc(NN)cc(-n2nc(C)c(C)c2C)n1. The molecule has 2 heterocycles. The van der Waals surface area contributed by atoms with E-state index in [-0.39, 0.29) is 0 Å². The summed E-state index contributed by atoms with van der Waals surface area (Å²) in [5.41, 5.74) is 5.70. The van der Waals surface area contributed by atoms with Crippen molar-refractivity contribution in [2.24, 2.45) is 5.84 Å². The van der Waals surface area contributed by atoms with E-state index in [1.165, 1.54) is 0 Å². The normalized spacial score (nSPS) is 10.8. The molecule has 19 heavy (non-hydrogen) atoms. The van der Waals surface area contributed by atoms with Gasteiger partial charge in [0.25, 0.3) is 0 Å². The van der Waals surface area contributed by atoms with E-state index in [1.807, 2.05) is 20.8 Å². The first-order valence-corrected chi connectivity index (χ1v) is 5.93. The molecule has 2 rings (SSSR count). The maximum Gasteiger partial charge on any atom is 0.159 e. The molecule has 0 bridgehead atoms. The van der Waals surface area contributed by atoms with Crippen LogP contribution in [0.5, 0.6) is 0 Å². The third-order valence-corrected chi connectivity index (χ3v) is 3.05. The summed E-state index contributed by atoms with van der Waals surface area (Å²) in [5.74, 6) is 7.18. The van der Waals surface area contributed by atoms with E-state index in [2.05, 4.69) is 20.5 Å².